The molecule has 19 heavy (non-hydrogen) atoms. The van der Waals surface area contributed by atoms with E-state index in [0.29, 0.717) is 5.69 Å². The number of para-hydroxylation sites is 1. The topological polar surface area (TPSA) is 83.6 Å². The Labute approximate surface area is 113 Å². The van der Waals surface area contributed by atoms with Gasteiger partial charge >= 0.3 is 5.97 Å². The third-order valence-electron chi connectivity index (χ3n) is 2.82. The average molecular weight is 264 g/mol. The van der Waals surface area contributed by atoms with Gasteiger partial charge < -0.3 is 5.11 Å². The van der Waals surface area contributed by atoms with E-state index < -0.39 is 17.5 Å². The Balaban J connectivity index is 3.29. The van der Waals surface area contributed by atoms with Gasteiger partial charge in [0.1, 0.15) is 0 Å². The van der Waals surface area contributed by atoms with Gasteiger partial charge in [-0.2, -0.15) is 0 Å². The molecule has 0 unspecified atom stereocenters. The average Bonchev–Trinajstić information content (AvgIpc) is 2.28. The van der Waals surface area contributed by atoms with Gasteiger partial charge in [0.15, 0.2) is 5.66 Å². The summed E-state index contributed by atoms with van der Waals surface area (Å²) in [6, 6.07) is 8.62. The molecule has 104 valence electrons. The van der Waals surface area contributed by atoms with Crippen LogP contribution in [0.4, 0.5) is 5.69 Å². The van der Waals surface area contributed by atoms with Crippen molar-refractivity contribution in [3.8, 4) is 0 Å². The number of nitrogens with two attached hydrogens (primary N) is 1. The number of benzene rings is 1. The summed E-state index contributed by atoms with van der Waals surface area (Å²) in [6.07, 6.45) is 0.177. The molecule has 0 spiro atoms. The fourth-order valence-corrected chi connectivity index (χ4v) is 2.17. The van der Waals surface area contributed by atoms with Crippen LogP contribution >= 0.6 is 0 Å². The molecule has 1 aromatic carbocycles. The summed E-state index contributed by atoms with van der Waals surface area (Å²) in [7, 11) is 0. The normalized spacial score (nSPS) is 13.9. The van der Waals surface area contributed by atoms with Crippen LogP contribution in [0.2, 0.25) is 0 Å². The second-order valence-electron chi connectivity index (χ2n) is 5.02. The molecule has 0 aliphatic heterocycles. The van der Waals surface area contributed by atoms with Crippen molar-refractivity contribution in [1.29, 1.82) is 0 Å². The molecule has 0 aromatic heterocycles. The maximum absolute atomic E-state index is 11.9. The highest BCUT2D eigenvalue weighted by molar-refractivity contribution is 6.00. The molecule has 1 atom stereocenters. The minimum absolute atomic E-state index is 0.0478. The molecule has 0 fully saturated rings. The maximum Gasteiger partial charge on any atom is 0.345 e. The van der Waals surface area contributed by atoms with Crippen molar-refractivity contribution in [2.45, 2.75) is 32.9 Å². The highest BCUT2D eigenvalue weighted by Gasteiger charge is 2.43. The number of hydrogen-bond acceptors (Lipinski definition) is 3. The lowest BCUT2D eigenvalue weighted by Crippen LogP contribution is -2.64. The summed E-state index contributed by atoms with van der Waals surface area (Å²) in [5.41, 5.74) is 4.78. The van der Waals surface area contributed by atoms with Crippen LogP contribution in [0.25, 0.3) is 0 Å². The molecule has 0 bridgehead atoms. The molecular formula is C14H20N2O3. The molecule has 1 amide bonds. The number of rotatable bonds is 5. The predicted octanol–water partition coefficient (Wildman–Crippen LogP) is 1.83. The maximum atomic E-state index is 11.9. The lowest BCUT2D eigenvalue weighted by molar-refractivity contribution is -0.145. The van der Waals surface area contributed by atoms with Crippen LogP contribution in [0.3, 0.4) is 0 Å². The molecular weight excluding hydrogens is 244 g/mol. The van der Waals surface area contributed by atoms with E-state index in [9.17, 15) is 14.7 Å². The van der Waals surface area contributed by atoms with Crippen LogP contribution in [-0.2, 0) is 9.59 Å². The minimum Gasteiger partial charge on any atom is -0.478 e. The lowest BCUT2D eigenvalue weighted by atomic mass is 9.95. The molecule has 0 saturated carbocycles. The first-order valence-corrected chi connectivity index (χ1v) is 6.17. The molecule has 0 aliphatic carbocycles. The molecule has 0 aliphatic rings. The third kappa shape index (κ3) is 3.32. The number of carboxylic acid groups (broad SMARTS) is 1. The van der Waals surface area contributed by atoms with Crippen LogP contribution in [0.5, 0.6) is 0 Å². The summed E-state index contributed by atoms with van der Waals surface area (Å²) < 4.78 is 0. The molecule has 1 rings (SSSR count). The molecule has 0 heterocycles. The van der Waals surface area contributed by atoms with E-state index in [1.165, 1.54) is 6.92 Å². The van der Waals surface area contributed by atoms with E-state index in [1.54, 1.807) is 30.3 Å². The number of hydrogen-bond donors (Lipinski definition) is 2. The van der Waals surface area contributed by atoms with Crippen molar-refractivity contribution in [1.82, 2.24) is 0 Å². The number of carbonyl (C=O) groups is 2. The van der Waals surface area contributed by atoms with E-state index in [1.807, 2.05) is 13.8 Å². The Kier molecular flexibility index (Phi) is 4.67. The molecule has 5 nitrogen and oxygen atoms in total. The minimum atomic E-state index is -1.73. The largest absolute Gasteiger partial charge is 0.478 e. The zero-order chi connectivity index (χ0) is 14.6. The monoisotopic (exact) mass is 264 g/mol. The molecule has 5 heteroatoms. The van der Waals surface area contributed by atoms with Crippen LogP contribution < -0.4 is 10.6 Å². The predicted molar refractivity (Wildman–Crippen MR) is 73.6 cm³/mol. The van der Waals surface area contributed by atoms with Crippen molar-refractivity contribution in [2.75, 3.05) is 4.90 Å². The van der Waals surface area contributed by atoms with Gasteiger partial charge in [0.25, 0.3) is 0 Å². The smallest absolute Gasteiger partial charge is 0.345 e. The van der Waals surface area contributed by atoms with Crippen molar-refractivity contribution in [2.24, 2.45) is 11.7 Å². The molecule has 0 saturated heterocycles. The first kappa shape index (κ1) is 15.2. The number of carboxylic acids is 1. The molecule has 3 N–H and O–H groups in total. The van der Waals surface area contributed by atoms with Gasteiger partial charge in [-0.25, -0.2) is 4.79 Å². The third-order valence-corrected chi connectivity index (χ3v) is 2.82. The van der Waals surface area contributed by atoms with E-state index in [-0.39, 0.29) is 12.3 Å². The number of anilines is 1. The number of nitrogens with zero attached hydrogens (tertiary/aromatic N) is 1. The van der Waals surface area contributed by atoms with Crippen LogP contribution in [0.15, 0.2) is 30.3 Å². The number of carbonyl (C=O) groups excluding carboxylic acids is 1. The SMILES string of the molecule is CC(=O)N(c1ccccc1)[C@@](N)(CC(C)C)C(=O)O. The van der Waals surface area contributed by atoms with Gasteiger partial charge in [0.2, 0.25) is 5.91 Å². The second kappa shape index (κ2) is 5.84. The van der Waals surface area contributed by atoms with Crippen molar-refractivity contribution >= 4 is 17.6 Å². The zero-order valence-electron chi connectivity index (χ0n) is 11.5. The van der Waals surface area contributed by atoms with Gasteiger partial charge in [0, 0.05) is 12.6 Å². The Morgan fingerprint density at radius 3 is 2.21 bits per heavy atom. The standard InChI is InChI=1S/C14H20N2O3/c1-10(2)9-14(15,13(18)19)16(11(3)17)12-7-5-4-6-8-12/h4-8,10H,9,15H2,1-3H3,(H,18,19)/t14-/m0/s1. The van der Waals surface area contributed by atoms with Crippen LogP contribution in [0.1, 0.15) is 27.2 Å². The second-order valence-corrected chi connectivity index (χ2v) is 5.02. The first-order valence-electron chi connectivity index (χ1n) is 6.17. The number of amides is 1. The summed E-state index contributed by atoms with van der Waals surface area (Å²) >= 11 is 0. The van der Waals surface area contributed by atoms with E-state index in [0.717, 1.165) is 4.90 Å². The van der Waals surface area contributed by atoms with Gasteiger partial charge in [-0.3, -0.25) is 15.4 Å². The zero-order valence-corrected chi connectivity index (χ0v) is 11.5. The van der Waals surface area contributed by atoms with Gasteiger partial charge in [-0.15, -0.1) is 0 Å². The van der Waals surface area contributed by atoms with Crippen molar-refractivity contribution in [3.63, 3.8) is 0 Å². The van der Waals surface area contributed by atoms with Crippen molar-refractivity contribution in [3.05, 3.63) is 30.3 Å². The molecule has 1 aromatic rings. The van der Waals surface area contributed by atoms with E-state index in [2.05, 4.69) is 0 Å². The Hall–Kier alpha value is -1.88. The first-order chi connectivity index (χ1) is 8.79. The summed E-state index contributed by atoms with van der Waals surface area (Å²) in [6.45, 7) is 5.06. The van der Waals surface area contributed by atoms with Crippen LogP contribution in [-0.4, -0.2) is 22.6 Å². The fraction of sp³-hybridized carbons (Fsp3) is 0.429. The Morgan fingerprint density at radius 1 is 1.32 bits per heavy atom. The van der Waals surface area contributed by atoms with E-state index in [4.69, 9.17) is 5.73 Å². The Bertz CT molecular complexity index is 459. The highest BCUT2D eigenvalue weighted by Crippen LogP contribution is 2.26. The van der Waals surface area contributed by atoms with Gasteiger partial charge in [-0.05, 0) is 24.5 Å². The quantitative estimate of drug-likeness (QED) is 0.795. The summed E-state index contributed by atoms with van der Waals surface area (Å²) in [5, 5.41) is 9.44. The van der Waals surface area contributed by atoms with Crippen molar-refractivity contribution < 1.29 is 14.7 Å². The summed E-state index contributed by atoms with van der Waals surface area (Å²) in [4.78, 5) is 24.6. The van der Waals surface area contributed by atoms with Crippen LogP contribution in [0, 0.1) is 5.92 Å². The molecule has 0 radical (unpaired) electrons. The number of aliphatic carboxylic acids is 1. The Morgan fingerprint density at radius 2 is 1.84 bits per heavy atom. The highest BCUT2D eigenvalue weighted by atomic mass is 16.4. The van der Waals surface area contributed by atoms with E-state index >= 15 is 0 Å². The van der Waals surface area contributed by atoms with Gasteiger partial charge in [0.05, 0.1) is 0 Å². The van der Waals surface area contributed by atoms with Gasteiger partial charge in [-0.1, -0.05) is 32.0 Å². The lowest BCUT2D eigenvalue weighted by Gasteiger charge is -2.38. The fourth-order valence-electron chi connectivity index (χ4n) is 2.17. The summed E-state index contributed by atoms with van der Waals surface area (Å²) in [5.74, 6) is -1.55.